The van der Waals surface area contributed by atoms with Crippen molar-refractivity contribution in [3.8, 4) is 44.9 Å². The Morgan fingerprint density at radius 3 is 1.60 bits per heavy atom. The molecule has 52 heavy (non-hydrogen) atoms. The highest BCUT2D eigenvalue weighted by molar-refractivity contribution is 6.24. The maximum Gasteiger partial charge on any atom is 0.138 e. The second-order valence-electron chi connectivity index (χ2n) is 13.7. The van der Waals surface area contributed by atoms with Crippen molar-refractivity contribution in [3.63, 3.8) is 0 Å². The van der Waals surface area contributed by atoms with Crippen molar-refractivity contribution in [3.05, 3.63) is 194 Å². The van der Waals surface area contributed by atoms with Crippen molar-refractivity contribution in [1.29, 1.82) is 0 Å². The molecule has 0 unspecified atom stereocenters. The van der Waals surface area contributed by atoms with Crippen LogP contribution in [0.2, 0.25) is 0 Å². The van der Waals surface area contributed by atoms with Crippen molar-refractivity contribution >= 4 is 53.9 Å². The van der Waals surface area contributed by atoms with Gasteiger partial charge in [0.1, 0.15) is 11.5 Å². The van der Waals surface area contributed by atoms with Gasteiger partial charge in [0.2, 0.25) is 0 Å². The van der Waals surface area contributed by atoms with Gasteiger partial charge >= 0.3 is 0 Å². The number of rotatable bonds is 5. The highest BCUT2D eigenvalue weighted by Crippen LogP contribution is 2.49. The van der Waals surface area contributed by atoms with Crippen molar-refractivity contribution in [1.82, 2.24) is 0 Å². The Bertz CT molecular complexity index is 2930. The van der Waals surface area contributed by atoms with E-state index in [1.807, 2.05) is 0 Å². The first kappa shape index (κ1) is 30.2. The minimum Gasteiger partial charge on any atom is -0.456 e. The van der Waals surface area contributed by atoms with Gasteiger partial charge in [-0.25, -0.2) is 0 Å². The summed E-state index contributed by atoms with van der Waals surface area (Å²) in [7, 11) is 0. The smallest absolute Gasteiger partial charge is 0.138 e. The summed E-state index contributed by atoms with van der Waals surface area (Å²) in [5.74, 6) is 1.71. The van der Waals surface area contributed by atoms with Crippen LogP contribution in [0.3, 0.4) is 0 Å². The molecule has 10 rings (SSSR count). The van der Waals surface area contributed by atoms with E-state index in [1.54, 1.807) is 0 Å². The zero-order valence-corrected chi connectivity index (χ0v) is 28.8. The van der Waals surface area contributed by atoms with Crippen LogP contribution in [-0.4, -0.2) is 0 Å². The molecular weight excluding hydrogens is 629 g/mol. The molecule has 244 valence electrons. The first-order chi connectivity index (χ1) is 25.7. The molecule has 0 saturated carbocycles. The van der Waals surface area contributed by atoms with Gasteiger partial charge in [-0.2, -0.15) is 0 Å². The molecule has 1 heteroatoms. The Labute approximate surface area is 303 Å². The third-order valence-corrected chi connectivity index (χ3v) is 10.6. The molecule has 0 fully saturated rings. The van der Waals surface area contributed by atoms with E-state index >= 15 is 0 Å². The second-order valence-corrected chi connectivity index (χ2v) is 13.7. The number of hydrogen-bond donors (Lipinski definition) is 0. The summed E-state index contributed by atoms with van der Waals surface area (Å²) < 4.78 is 6.88. The molecule has 0 aliphatic carbocycles. The molecule has 0 radical (unpaired) electrons. The quantitative estimate of drug-likeness (QED) is 0.132. The van der Waals surface area contributed by atoms with Gasteiger partial charge in [0.05, 0.1) is 0 Å². The first-order valence-electron chi connectivity index (χ1n) is 17.9. The van der Waals surface area contributed by atoms with Gasteiger partial charge in [-0.1, -0.05) is 164 Å². The van der Waals surface area contributed by atoms with Crippen LogP contribution in [0.4, 0.5) is 0 Å². The lowest BCUT2D eigenvalue weighted by Gasteiger charge is -2.22. The SMILES string of the molecule is Cc1cccc(-c2c3ccccc3c(-c3cc4ccc5ccccc5c4cc3-c3ccccc3)c3ccccc23)c1Oc1ccc2ccccc2c1. The Hall–Kier alpha value is -6.70. The molecule has 0 amide bonds. The topological polar surface area (TPSA) is 9.23 Å². The Morgan fingerprint density at radius 1 is 0.327 bits per heavy atom. The van der Waals surface area contributed by atoms with Gasteiger partial charge in [-0.15, -0.1) is 0 Å². The van der Waals surface area contributed by atoms with Crippen LogP contribution in [0.1, 0.15) is 5.56 Å². The summed E-state index contributed by atoms with van der Waals surface area (Å²) in [6, 6.07) is 68.0. The van der Waals surface area contributed by atoms with Crippen molar-refractivity contribution in [2.75, 3.05) is 0 Å². The molecule has 0 atom stereocenters. The van der Waals surface area contributed by atoms with Crippen molar-refractivity contribution in [2.24, 2.45) is 0 Å². The maximum absolute atomic E-state index is 6.88. The number of ether oxygens (including phenoxy) is 1. The van der Waals surface area contributed by atoms with Gasteiger partial charge in [-0.05, 0) is 113 Å². The molecule has 0 heterocycles. The van der Waals surface area contributed by atoms with Crippen LogP contribution in [0.25, 0.3) is 87.2 Å². The van der Waals surface area contributed by atoms with E-state index in [0.29, 0.717) is 0 Å². The predicted molar refractivity (Wildman–Crippen MR) is 222 cm³/mol. The molecule has 0 bridgehead atoms. The summed E-state index contributed by atoms with van der Waals surface area (Å²) in [5, 5.41) is 12.2. The Balaban J connectivity index is 1.27. The summed E-state index contributed by atoms with van der Waals surface area (Å²) in [6.07, 6.45) is 0. The van der Waals surface area contributed by atoms with Crippen LogP contribution in [0.15, 0.2) is 188 Å². The molecule has 0 spiro atoms. The molecule has 0 N–H and O–H groups in total. The lowest BCUT2D eigenvalue weighted by Crippen LogP contribution is -1.96. The molecule has 0 saturated heterocycles. The summed E-state index contributed by atoms with van der Waals surface area (Å²) in [6.45, 7) is 2.14. The van der Waals surface area contributed by atoms with E-state index < -0.39 is 0 Å². The van der Waals surface area contributed by atoms with E-state index in [1.165, 1.54) is 76.3 Å². The highest BCUT2D eigenvalue weighted by Gasteiger charge is 2.22. The fourth-order valence-electron chi connectivity index (χ4n) is 8.16. The minimum absolute atomic E-state index is 0.829. The lowest BCUT2D eigenvalue weighted by molar-refractivity contribution is 0.481. The van der Waals surface area contributed by atoms with Crippen LogP contribution < -0.4 is 4.74 Å². The predicted octanol–water partition coefficient (Wildman–Crippen LogP) is 14.6. The fraction of sp³-hybridized carbons (Fsp3) is 0.0196. The number of para-hydroxylation sites is 1. The van der Waals surface area contributed by atoms with E-state index in [-0.39, 0.29) is 0 Å². The van der Waals surface area contributed by atoms with E-state index in [2.05, 4.69) is 195 Å². The molecular formula is C51H34O. The monoisotopic (exact) mass is 662 g/mol. The van der Waals surface area contributed by atoms with Crippen LogP contribution in [0.5, 0.6) is 11.5 Å². The average Bonchev–Trinajstić information content (AvgIpc) is 3.20. The van der Waals surface area contributed by atoms with Crippen molar-refractivity contribution in [2.45, 2.75) is 6.92 Å². The zero-order valence-electron chi connectivity index (χ0n) is 28.8. The molecule has 1 nitrogen and oxygen atoms in total. The molecule has 0 aliphatic rings. The molecule has 10 aromatic carbocycles. The normalized spacial score (nSPS) is 11.6. The molecule has 0 aromatic heterocycles. The number of fused-ring (bicyclic) bond motifs is 6. The van der Waals surface area contributed by atoms with E-state index in [0.717, 1.165) is 28.0 Å². The van der Waals surface area contributed by atoms with Crippen LogP contribution >= 0.6 is 0 Å². The maximum atomic E-state index is 6.88. The lowest BCUT2D eigenvalue weighted by atomic mass is 9.82. The van der Waals surface area contributed by atoms with Gasteiger partial charge in [-0.3, -0.25) is 0 Å². The molecule has 10 aromatic rings. The van der Waals surface area contributed by atoms with Gasteiger partial charge < -0.3 is 4.74 Å². The standard InChI is InChI=1S/C51H34O/c1-33-14-13-25-45(51(33)52-39-29-28-34-15-5-6-19-37(34)30-39)49-41-21-9-11-23-43(41)50(44-24-12-10-22-42(44)49)48-31-38-27-26-36-18-7-8-20-40(36)47(38)32-46(48)35-16-3-2-4-17-35/h2-32H,1H3. The Morgan fingerprint density at radius 2 is 0.885 bits per heavy atom. The van der Waals surface area contributed by atoms with Crippen LogP contribution in [-0.2, 0) is 0 Å². The third-order valence-electron chi connectivity index (χ3n) is 10.6. The van der Waals surface area contributed by atoms with Gasteiger partial charge in [0, 0.05) is 11.1 Å². The van der Waals surface area contributed by atoms with Crippen LogP contribution in [0, 0.1) is 6.92 Å². The fourth-order valence-corrected chi connectivity index (χ4v) is 8.16. The molecule has 0 aliphatic heterocycles. The summed E-state index contributed by atoms with van der Waals surface area (Å²) in [4.78, 5) is 0. The first-order valence-corrected chi connectivity index (χ1v) is 17.9. The second kappa shape index (κ2) is 12.3. The third kappa shape index (κ3) is 4.93. The zero-order chi connectivity index (χ0) is 34.6. The number of benzene rings is 10. The van der Waals surface area contributed by atoms with Gasteiger partial charge in [0.25, 0.3) is 0 Å². The van der Waals surface area contributed by atoms with Crippen molar-refractivity contribution < 1.29 is 4.74 Å². The van der Waals surface area contributed by atoms with E-state index in [9.17, 15) is 0 Å². The number of aryl methyl sites for hydroxylation is 1. The average molecular weight is 663 g/mol. The summed E-state index contributed by atoms with van der Waals surface area (Å²) in [5.41, 5.74) is 8.26. The largest absolute Gasteiger partial charge is 0.456 e. The minimum atomic E-state index is 0.829. The van der Waals surface area contributed by atoms with Gasteiger partial charge in [0.15, 0.2) is 0 Å². The summed E-state index contributed by atoms with van der Waals surface area (Å²) >= 11 is 0. The number of hydrogen-bond acceptors (Lipinski definition) is 1. The van der Waals surface area contributed by atoms with E-state index in [4.69, 9.17) is 4.74 Å². The highest BCUT2D eigenvalue weighted by atomic mass is 16.5. The Kier molecular flexibility index (Phi) is 7.11.